The second-order valence-electron chi connectivity index (χ2n) is 10.2. The molecule has 0 unspecified atom stereocenters. The first kappa shape index (κ1) is 49.8. The van der Waals surface area contributed by atoms with Gasteiger partial charge in [-0.3, -0.25) is 0 Å². The lowest BCUT2D eigenvalue weighted by Gasteiger charge is -2.30. The minimum Gasteiger partial charge on any atom is -0.415 e. The van der Waals surface area contributed by atoms with E-state index in [1.54, 1.807) is 63.8 Å². The summed E-state index contributed by atoms with van der Waals surface area (Å²) in [6.07, 6.45) is 0. The van der Waals surface area contributed by atoms with Crippen LogP contribution in [0.15, 0.2) is 0 Å². The SMILES string of the molecule is COC(C)(C)OC.COC(C)(C)OC.COC(C)(OC)OC.CO[Si](C)(C)OC.CO[Si](C)(C)O[Si](C)(C)OC. The van der Waals surface area contributed by atoms with Gasteiger partial charge in [-0.05, 0) is 67.0 Å². The Bertz CT molecular complexity index is 481. The summed E-state index contributed by atoms with van der Waals surface area (Å²) < 4.78 is 60.1. The summed E-state index contributed by atoms with van der Waals surface area (Å²) in [7, 11) is 12.3. The van der Waals surface area contributed by atoms with Crippen LogP contribution in [0.2, 0.25) is 39.3 Å². The van der Waals surface area contributed by atoms with E-state index in [1.165, 1.54) is 21.3 Å². The Morgan fingerprint density at radius 2 is 0.525 bits per heavy atom. The van der Waals surface area contributed by atoms with Crippen LogP contribution in [-0.4, -0.2) is 121 Å². The zero-order valence-electron chi connectivity index (χ0n) is 29.9. The van der Waals surface area contributed by atoms with E-state index in [9.17, 15) is 0 Å². The van der Waals surface area contributed by atoms with Crippen molar-refractivity contribution in [2.24, 2.45) is 0 Å². The van der Waals surface area contributed by atoms with E-state index in [2.05, 4.69) is 0 Å². The second kappa shape index (κ2) is 24.6. The monoisotopic (exact) mass is 642 g/mol. The maximum absolute atomic E-state index is 5.76. The average molecular weight is 643 g/mol. The van der Waals surface area contributed by atoms with Crippen LogP contribution in [-0.2, 0) is 55.0 Å². The number of rotatable bonds is 13. The topological polar surface area (TPSA) is 111 Å². The zero-order valence-corrected chi connectivity index (χ0v) is 32.9. The third-order valence-electron chi connectivity index (χ3n) is 5.54. The lowest BCUT2D eigenvalue weighted by Crippen LogP contribution is -2.47. The fourth-order valence-corrected chi connectivity index (χ4v) is 6.74. The van der Waals surface area contributed by atoms with E-state index >= 15 is 0 Å². The fourth-order valence-electron chi connectivity index (χ4n) is 1.18. The Balaban J connectivity index is -0.000000129. The van der Waals surface area contributed by atoms with Gasteiger partial charge in [0.05, 0.1) is 0 Å². The van der Waals surface area contributed by atoms with Gasteiger partial charge in [0.1, 0.15) is 0 Å². The van der Waals surface area contributed by atoms with Gasteiger partial charge in [0.2, 0.25) is 0 Å². The van der Waals surface area contributed by atoms with Crippen molar-refractivity contribution < 1.29 is 55.0 Å². The van der Waals surface area contributed by atoms with Crippen molar-refractivity contribution in [2.75, 3.05) is 78.2 Å². The Kier molecular flexibility index (Phi) is 30.6. The Morgan fingerprint density at radius 3 is 0.575 bits per heavy atom. The van der Waals surface area contributed by atoms with Crippen LogP contribution in [0.25, 0.3) is 0 Å². The second-order valence-corrected chi connectivity index (χ2v) is 21.1. The van der Waals surface area contributed by atoms with E-state index in [0.717, 1.165) is 0 Å². The molecule has 0 atom stereocenters. The first-order valence-corrected chi connectivity index (χ1v) is 21.1. The van der Waals surface area contributed by atoms with Crippen LogP contribution < -0.4 is 0 Å². The average Bonchev–Trinajstić information content (AvgIpc) is 2.93. The molecule has 0 bridgehead atoms. The molecule has 0 amide bonds. The summed E-state index contributed by atoms with van der Waals surface area (Å²) in [6, 6.07) is 0. The maximum atomic E-state index is 5.76. The van der Waals surface area contributed by atoms with Gasteiger partial charge in [-0.2, -0.15) is 0 Å². The molecule has 0 aromatic carbocycles. The number of hydrogen-bond acceptors (Lipinski definition) is 12. The van der Waals surface area contributed by atoms with Crippen LogP contribution in [0.1, 0.15) is 34.6 Å². The lowest BCUT2D eigenvalue weighted by atomic mass is 10.4. The standard InChI is InChI=1S/C6H18O3Si2.C5H12O3.2C5H12O2.C4H12O2Si/c1-7-10(3,4)9-11(5,6)8-2;1-5(6-2,7-3)8-4;2*1-5(2,6-3)7-4;1-5-7(3,4)6-2/h1-6H3;1-4H3;3*1-4H3. The highest BCUT2D eigenvalue weighted by Gasteiger charge is 2.34. The molecule has 0 aliphatic rings. The van der Waals surface area contributed by atoms with Crippen molar-refractivity contribution in [1.82, 2.24) is 0 Å². The molecule has 0 aromatic heterocycles. The number of methoxy groups -OCH3 is 7. The molecular formula is C25H66O12Si3. The fraction of sp³-hybridized carbons (Fsp3) is 1.00. The Hall–Kier alpha value is 0.171. The van der Waals surface area contributed by atoms with Gasteiger partial charge in [-0.25, -0.2) is 0 Å². The summed E-state index contributed by atoms with van der Waals surface area (Å²) in [4.78, 5) is 0. The van der Waals surface area contributed by atoms with Gasteiger partial charge in [0, 0.05) is 85.1 Å². The van der Waals surface area contributed by atoms with Crippen molar-refractivity contribution >= 4 is 25.7 Å². The van der Waals surface area contributed by atoms with Crippen molar-refractivity contribution in [2.45, 2.75) is 91.4 Å². The molecule has 0 saturated carbocycles. The molecule has 0 aromatic rings. The van der Waals surface area contributed by atoms with Gasteiger partial charge in [0.25, 0.3) is 5.97 Å². The van der Waals surface area contributed by atoms with Crippen molar-refractivity contribution in [3.05, 3.63) is 0 Å². The van der Waals surface area contributed by atoms with Gasteiger partial charge >= 0.3 is 25.7 Å². The van der Waals surface area contributed by atoms with Crippen molar-refractivity contribution in [3.8, 4) is 0 Å². The van der Waals surface area contributed by atoms with Crippen molar-refractivity contribution in [1.29, 1.82) is 0 Å². The van der Waals surface area contributed by atoms with Gasteiger partial charge < -0.3 is 55.0 Å². The number of ether oxygens (including phenoxy) is 7. The van der Waals surface area contributed by atoms with E-state index in [1.807, 2.05) is 67.0 Å². The van der Waals surface area contributed by atoms with E-state index in [0.29, 0.717) is 0 Å². The molecule has 15 heteroatoms. The third kappa shape index (κ3) is 34.4. The summed E-state index contributed by atoms with van der Waals surface area (Å²) in [5, 5.41) is 0. The highest BCUT2D eigenvalue weighted by atomic mass is 28.5. The van der Waals surface area contributed by atoms with E-state index in [4.69, 9.17) is 55.0 Å². The summed E-state index contributed by atoms with van der Waals surface area (Å²) in [5.74, 6) is -1.71. The minimum absolute atomic E-state index is 0.417. The Labute approximate surface area is 250 Å². The predicted molar refractivity (Wildman–Crippen MR) is 167 cm³/mol. The summed E-state index contributed by atoms with van der Waals surface area (Å²) in [5.41, 5.74) is 0. The van der Waals surface area contributed by atoms with Crippen molar-refractivity contribution in [3.63, 3.8) is 0 Å². The molecule has 0 N–H and O–H groups in total. The molecule has 0 saturated heterocycles. The molecule has 40 heavy (non-hydrogen) atoms. The largest absolute Gasteiger partial charge is 0.415 e. The maximum Gasteiger partial charge on any atom is 0.331 e. The van der Waals surface area contributed by atoms with Gasteiger partial charge in [-0.15, -0.1) is 0 Å². The molecule has 0 fully saturated rings. The van der Waals surface area contributed by atoms with Crippen LogP contribution in [0.5, 0.6) is 0 Å². The first-order valence-electron chi connectivity index (χ1n) is 12.6. The molecule has 0 aliphatic heterocycles. The lowest BCUT2D eigenvalue weighted by molar-refractivity contribution is -0.340. The molecule has 0 heterocycles. The number of hydrogen-bond donors (Lipinski definition) is 0. The molecule has 0 spiro atoms. The highest BCUT2D eigenvalue weighted by molar-refractivity contribution is 6.78. The molecule has 0 aliphatic carbocycles. The van der Waals surface area contributed by atoms with Crippen LogP contribution >= 0.6 is 0 Å². The minimum atomic E-state index is -1.90. The third-order valence-corrected chi connectivity index (χ3v) is 13.4. The van der Waals surface area contributed by atoms with E-state index in [-0.39, 0.29) is 0 Å². The predicted octanol–water partition coefficient (Wildman–Crippen LogP) is 5.31. The van der Waals surface area contributed by atoms with Gasteiger partial charge in [0.15, 0.2) is 11.6 Å². The van der Waals surface area contributed by atoms with Crippen LogP contribution in [0.3, 0.4) is 0 Å². The molecule has 250 valence electrons. The van der Waals surface area contributed by atoms with Crippen LogP contribution in [0, 0.1) is 0 Å². The first-order chi connectivity index (χ1) is 17.9. The zero-order chi connectivity index (χ0) is 33.5. The Morgan fingerprint density at radius 1 is 0.325 bits per heavy atom. The summed E-state index contributed by atoms with van der Waals surface area (Å²) >= 11 is 0. The summed E-state index contributed by atoms with van der Waals surface area (Å²) in [6.45, 7) is 21.1. The normalized spacial score (nSPS) is 12.4. The molecule has 0 rings (SSSR count). The smallest absolute Gasteiger partial charge is 0.331 e. The molecular weight excluding hydrogens is 577 g/mol. The highest BCUT2D eigenvalue weighted by Crippen LogP contribution is 2.14. The molecule has 0 radical (unpaired) electrons. The molecule has 12 nitrogen and oxygen atoms in total. The van der Waals surface area contributed by atoms with Gasteiger partial charge in [-0.1, -0.05) is 0 Å². The van der Waals surface area contributed by atoms with E-state index < -0.39 is 43.2 Å². The quantitative estimate of drug-likeness (QED) is 0.192. The van der Waals surface area contributed by atoms with Crippen LogP contribution in [0.4, 0.5) is 0 Å².